The van der Waals surface area contributed by atoms with Crippen LogP contribution in [0.3, 0.4) is 0 Å². The normalized spacial score (nSPS) is 25.1. The van der Waals surface area contributed by atoms with Gasteiger partial charge in [0.1, 0.15) is 12.6 Å². The van der Waals surface area contributed by atoms with E-state index in [-0.39, 0.29) is 0 Å². The van der Waals surface area contributed by atoms with Crippen LogP contribution in [0, 0.1) is 0 Å². The summed E-state index contributed by atoms with van der Waals surface area (Å²) in [5.41, 5.74) is 0. The van der Waals surface area contributed by atoms with Crippen LogP contribution < -0.4 is 0 Å². The van der Waals surface area contributed by atoms with Gasteiger partial charge in [0, 0.05) is 6.54 Å². The molecule has 102 valence electrons. The number of hydrogen-bond acceptors (Lipinski definition) is 2. The van der Waals surface area contributed by atoms with Gasteiger partial charge in [-0.15, -0.1) is 0 Å². The number of nitrogens with zero attached hydrogens (tertiary/aromatic N) is 2. The number of carbonyl (C=O) groups is 2. The van der Waals surface area contributed by atoms with E-state index in [4.69, 9.17) is 0 Å². The van der Waals surface area contributed by atoms with Gasteiger partial charge in [-0.1, -0.05) is 0 Å². The third kappa shape index (κ3) is 2.15. The fourth-order valence-corrected chi connectivity index (χ4v) is 2.32. The van der Waals surface area contributed by atoms with Crippen molar-refractivity contribution in [3.8, 4) is 0 Å². The second-order valence-corrected chi connectivity index (χ2v) is 4.50. The van der Waals surface area contributed by atoms with Gasteiger partial charge in [-0.25, -0.2) is 8.78 Å². The molecule has 2 fully saturated rings. The van der Waals surface area contributed by atoms with Gasteiger partial charge in [-0.3, -0.25) is 9.59 Å². The number of alkyl halides is 4. The van der Waals surface area contributed by atoms with Crippen LogP contribution in [-0.4, -0.2) is 59.6 Å². The van der Waals surface area contributed by atoms with Crippen LogP contribution in [-0.2, 0) is 9.59 Å². The minimum Gasteiger partial charge on any atom is -0.329 e. The van der Waals surface area contributed by atoms with Crippen molar-refractivity contribution in [2.75, 3.05) is 19.6 Å². The van der Waals surface area contributed by atoms with Gasteiger partial charge in [-0.2, -0.15) is 8.78 Å². The molecule has 18 heavy (non-hydrogen) atoms. The lowest BCUT2D eigenvalue weighted by molar-refractivity contribution is -0.170. The molecule has 0 spiro atoms. The molecule has 0 aromatic carbocycles. The smallest absolute Gasteiger partial charge is 0.324 e. The fraction of sp³-hybridized carbons (Fsp3) is 0.800. The molecule has 0 aromatic heterocycles. The molecule has 1 atom stereocenters. The number of carbonyl (C=O) groups excluding carboxylic acids is 2. The van der Waals surface area contributed by atoms with Crippen molar-refractivity contribution in [2.45, 2.75) is 31.2 Å². The van der Waals surface area contributed by atoms with E-state index in [9.17, 15) is 27.2 Å². The molecule has 0 saturated carbocycles. The Kier molecular flexibility index (Phi) is 3.20. The van der Waals surface area contributed by atoms with Crippen molar-refractivity contribution in [3.05, 3.63) is 0 Å². The van der Waals surface area contributed by atoms with Crippen molar-refractivity contribution >= 4 is 11.8 Å². The molecule has 8 heteroatoms. The summed E-state index contributed by atoms with van der Waals surface area (Å²) in [6.45, 7) is -1.52. The van der Waals surface area contributed by atoms with Crippen LogP contribution in [0.4, 0.5) is 17.6 Å². The summed E-state index contributed by atoms with van der Waals surface area (Å²) in [4.78, 5) is 25.3. The van der Waals surface area contributed by atoms with Crippen molar-refractivity contribution in [1.82, 2.24) is 9.80 Å². The molecule has 2 rings (SSSR count). The summed E-state index contributed by atoms with van der Waals surface area (Å²) in [6, 6.07) is -0.750. The Hall–Kier alpha value is -1.34. The van der Waals surface area contributed by atoms with Gasteiger partial charge in [-0.05, 0) is 12.8 Å². The standard InChI is InChI=1S/C10H12F4N2O2/c11-9(12)10(13,14)5-15-4-7(17)16-3-1-2-6(16)8(15)18/h6,9H,1-5H2. The molecule has 2 heterocycles. The number of fused-ring (bicyclic) bond motifs is 1. The van der Waals surface area contributed by atoms with E-state index in [1.807, 2.05) is 0 Å². The second-order valence-electron chi connectivity index (χ2n) is 4.50. The number of hydrogen-bond donors (Lipinski definition) is 0. The third-order valence-corrected chi connectivity index (χ3v) is 3.22. The Labute approximate surface area is 101 Å². The van der Waals surface area contributed by atoms with Crippen LogP contribution in [0.1, 0.15) is 12.8 Å². The van der Waals surface area contributed by atoms with Gasteiger partial charge in [0.2, 0.25) is 11.8 Å². The number of rotatable bonds is 3. The Balaban J connectivity index is 2.10. The summed E-state index contributed by atoms with van der Waals surface area (Å²) < 4.78 is 50.0. The van der Waals surface area contributed by atoms with E-state index in [1.54, 1.807) is 0 Å². The molecule has 2 amide bonds. The number of halogens is 4. The largest absolute Gasteiger partial charge is 0.329 e. The topological polar surface area (TPSA) is 40.6 Å². The van der Waals surface area contributed by atoms with Gasteiger partial charge in [0.15, 0.2) is 0 Å². The Morgan fingerprint density at radius 3 is 2.61 bits per heavy atom. The molecule has 2 aliphatic heterocycles. The third-order valence-electron chi connectivity index (χ3n) is 3.22. The van der Waals surface area contributed by atoms with Crippen molar-refractivity contribution in [2.24, 2.45) is 0 Å². The molecular weight excluding hydrogens is 256 g/mol. The molecule has 0 bridgehead atoms. The lowest BCUT2D eigenvalue weighted by Gasteiger charge is -2.37. The Morgan fingerprint density at radius 2 is 2.00 bits per heavy atom. The van der Waals surface area contributed by atoms with Crippen molar-refractivity contribution < 1.29 is 27.2 Å². The van der Waals surface area contributed by atoms with E-state index in [2.05, 4.69) is 0 Å². The molecule has 1 unspecified atom stereocenters. The van der Waals surface area contributed by atoms with Crippen molar-refractivity contribution in [3.63, 3.8) is 0 Å². The quantitative estimate of drug-likeness (QED) is 0.708. The number of piperazine rings is 1. The molecule has 2 saturated heterocycles. The number of amides is 2. The maximum Gasteiger partial charge on any atom is 0.324 e. The average molecular weight is 268 g/mol. The van der Waals surface area contributed by atoms with Gasteiger partial charge in [0.05, 0.1) is 6.54 Å². The minimum atomic E-state index is -4.28. The second kappa shape index (κ2) is 4.40. The predicted molar refractivity (Wildman–Crippen MR) is 52.3 cm³/mol. The summed E-state index contributed by atoms with van der Waals surface area (Å²) in [7, 11) is 0. The first-order valence-corrected chi connectivity index (χ1v) is 5.57. The first-order valence-electron chi connectivity index (χ1n) is 5.57. The summed E-state index contributed by atoms with van der Waals surface area (Å²) in [5.74, 6) is -5.40. The first kappa shape index (κ1) is 13.1. The van der Waals surface area contributed by atoms with E-state index in [0.29, 0.717) is 24.3 Å². The lowest BCUT2D eigenvalue weighted by Crippen LogP contribution is -2.60. The Morgan fingerprint density at radius 1 is 1.33 bits per heavy atom. The fourth-order valence-electron chi connectivity index (χ4n) is 2.32. The maximum absolute atomic E-state index is 12.9. The van der Waals surface area contributed by atoms with Crippen molar-refractivity contribution in [1.29, 1.82) is 0 Å². The average Bonchev–Trinajstić information content (AvgIpc) is 2.74. The molecule has 0 aromatic rings. The predicted octanol–water partition coefficient (Wildman–Crippen LogP) is 0.720. The molecule has 0 radical (unpaired) electrons. The molecular formula is C10H12F4N2O2. The highest BCUT2D eigenvalue weighted by atomic mass is 19.3. The highest BCUT2D eigenvalue weighted by Gasteiger charge is 2.48. The highest BCUT2D eigenvalue weighted by Crippen LogP contribution is 2.28. The Bertz CT molecular complexity index is 375. The van der Waals surface area contributed by atoms with Gasteiger partial charge < -0.3 is 9.80 Å². The summed E-state index contributed by atoms with van der Waals surface area (Å²) >= 11 is 0. The van der Waals surface area contributed by atoms with E-state index in [0.717, 1.165) is 0 Å². The zero-order valence-corrected chi connectivity index (χ0v) is 9.41. The summed E-state index contributed by atoms with van der Waals surface area (Å²) in [6.07, 6.45) is -2.82. The van der Waals surface area contributed by atoms with Crippen LogP contribution in [0.5, 0.6) is 0 Å². The highest BCUT2D eigenvalue weighted by molar-refractivity contribution is 5.95. The zero-order valence-electron chi connectivity index (χ0n) is 9.41. The van der Waals surface area contributed by atoms with E-state index >= 15 is 0 Å². The van der Waals surface area contributed by atoms with Gasteiger partial charge >= 0.3 is 12.3 Å². The van der Waals surface area contributed by atoms with Crippen LogP contribution >= 0.6 is 0 Å². The first-order chi connectivity index (χ1) is 8.33. The van der Waals surface area contributed by atoms with E-state index in [1.165, 1.54) is 4.90 Å². The molecule has 0 N–H and O–H groups in total. The lowest BCUT2D eigenvalue weighted by atomic mass is 10.1. The van der Waals surface area contributed by atoms with Crippen LogP contribution in [0.2, 0.25) is 0 Å². The molecule has 2 aliphatic rings. The van der Waals surface area contributed by atoms with Crippen LogP contribution in [0.15, 0.2) is 0 Å². The summed E-state index contributed by atoms with van der Waals surface area (Å²) in [5, 5.41) is 0. The SMILES string of the molecule is O=C1C2CCCN2C(=O)CN1CC(F)(F)C(F)F. The maximum atomic E-state index is 12.9. The minimum absolute atomic E-state index is 0.404. The van der Waals surface area contributed by atoms with E-state index < -0.39 is 43.3 Å². The zero-order chi connectivity index (χ0) is 13.5. The molecule has 4 nitrogen and oxygen atoms in total. The van der Waals surface area contributed by atoms with Crippen LogP contribution in [0.25, 0.3) is 0 Å². The molecule has 0 aliphatic carbocycles. The monoisotopic (exact) mass is 268 g/mol. The van der Waals surface area contributed by atoms with Gasteiger partial charge in [0.25, 0.3) is 0 Å².